The SMILES string of the molecule is CC(=O)c1ccc2c(c1)CCN(c1nc3ccccc3nc1N)CC2. The lowest BCUT2D eigenvalue weighted by atomic mass is 9.99. The number of anilines is 2. The number of carbonyl (C=O) groups is 1. The van der Waals surface area contributed by atoms with Crippen molar-refractivity contribution in [2.45, 2.75) is 19.8 Å². The molecule has 0 saturated heterocycles. The van der Waals surface area contributed by atoms with E-state index in [9.17, 15) is 4.79 Å². The van der Waals surface area contributed by atoms with Crippen LogP contribution in [0.15, 0.2) is 42.5 Å². The zero-order chi connectivity index (χ0) is 17.4. The van der Waals surface area contributed by atoms with E-state index in [4.69, 9.17) is 10.7 Å². The van der Waals surface area contributed by atoms with Crippen LogP contribution in [-0.2, 0) is 12.8 Å². The molecule has 0 spiro atoms. The number of aromatic nitrogens is 2. The Morgan fingerprint density at radius 1 is 1.00 bits per heavy atom. The first-order chi connectivity index (χ1) is 12.1. The monoisotopic (exact) mass is 332 g/mol. The lowest BCUT2D eigenvalue weighted by Crippen LogP contribution is -2.28. The number of carbonyl (C=O) groups excluding carboxylic acids is 1. The number of nitrogens with two attached hydrogens (primary N) is 1. The molecule has 0 amide bonds. The van der Waals surface area contributed by atoms with Crippen LogP contribution in [0.4, 0.5) is 11.6 Å². The highest BCUT2D eigenvalue weighted by Gasteiger charge is 2.19. The number of ketones is 1. The molecule has 126 valence electrons. The molecule has 1 aromatic heterocycles. The summed E-state index contributed by atoms with van der Waals surface area (Å²) in [5.74, 6) is 1.32. The number of hydrogen-bond acceptors (Lipinski definition) is 5. The fraction of sp³-hybridized carbons (Fsp3) is 0.250. The normalized spacial score (nSPS) is 14.2. The van der Waals surface area contributed by atoms with E-state index in [0.717, 1.165) is 48.3 Å². The number of nitrogens with zero attached hydrogens (tertiary/aromatic N) is 3. The number of nitrogen functional groups attached to an aromatic ring is 1. The van der Waals surface area contributed by atoms with Gasteiger partial charge in [0, 0.05) is 18.7 Å². The summed E-state index contributed by atoms with van der Waals surface area (Å²) in [6.45, 7) is 3.26. The molecule has 0 unspecified atom stereocenters. The molecular weight excluding hydrogens is 312 g/mol. The van der Waals surface area contributed by atoms with E-state index in [0.29, 0.717) is 5.82 Å². The smallest absolute Gasteiger partial charge is 0.172 e. The summed E-state index contributed by atoms with van der Waals surface area (Å²) in [5.41, 5.74) is 11.1. The molecule has 0 saturated carbocycles. The van der Waals surface area contributed by atoms with Crippen molar-refractivity contribution in [2.24, 2.45) is 0 Å². The number of benzene rings is 2. The fourth-order valence-corrected chi connectivity index (χ4v) is 3.39. The molecule has 1 aliphatic rings. The largest absolute Gasteiger partial charge is 0.381 e. The average Bonchev–Trinajstić information content (AvgIpc) is 2.83. The third-order valence-electron chi connectivity index (χ3n) is 4.79. The van der Waals surface area contributed by atoms with Crippen molar-refractivity contribution >= 4 is 28.5 Å². The van der Waals surface area contributed by atoms with Gasteiger partial charge in [-0.3, -0.25) is 4.79 Å². The van der Waals surface area contributed by atoms with E-state index in [2.05, 4.69) is 16.0 Å². The molecule has 0 fully saturated rings. The molecule has 3 aromatic rings. The predicted octanol–water partition coefficient (Wildman–Crippen LogP) is 3.02. The Morgan fingerprint density at radius 3 is 2.40 bits per heavy atom. The Kier molecular flexibility index (Phi) is 3.84. The minimum absolute atomic E-state index is 0.105. The van der Waals surface area contributed by atoms with Crippen LogP contribution in [0.1, 0.15) is 28.4 Å². The van der Waals surface area contributed by atoms with Gasteiger partial charge in [0.15, 0.2) is 17.4 Å². The molecule has 0 radical (unpaired) electrons. The van der Waals surface area contributed by atoms with Crippen LogP contribution in [-0.4, -0.2) is 28.8 Å². The molecule has 2 heterocycles. The van der Waals surface area contributed by atoms with Gasteiger partial charge in [0.1, 0.15) is 0 Å². The summed E-state index contributed by atoms with van der Waals surface area (Å²) in [6.07, 6.45) is 1.77. The lowest BCUT2D eigenvalue weighted by Gasteiger charge is -2.22. The van der Waals surface area contributed by atoms with E-state index in [1.807, 2.05) is 36.4 Å². The third kappa shape index (κ3) is 2.93. The van der Waals surface area contributed by atoms with Gasteiger partial charge >= 0.3 is 0 Å². The number of Topliss-reactive ketones (excluding diaryl/α,β-unsaturated/α-hetero) is 1. The molecule has 25 heavy (non-hydrogen) atoms. The van der Waals surface area contributed by atoms with Crippen molar-refractivity contribution in [1.82, 2.24) is 9.97 Å². The summed E-state index contributed by atoms with van der Waals surface area (Å²) < 4.78 is 0. The van der Waals surface area contributed by atoms with Gasteiger partial charge in [-0.25, -0.2) is 9.97 Å². The Balaban J connectivity index is 1.65. The zero-order valence-electron chi connectivity index (χ0n) is 14.2. The maximum atomic E-state index is 11.6. The summed E-state index contributed by atoms with van der Waals surface area (Å²) >= 11 is 0. The standard InChI is InChI=1S/C20H20N4O/c1-13(25)15-7-6-14-8-10-24(11-9-16(14)12-15)20-19(21)22-17-4-2-3-5-18(17)23-20/h2-7,12H,8-11H2,1H3,(H2,21,22). The van der Waals surface area contributed by atoms with Crippen molar-refractivity contribution in [2.75, 3.05) is 23.7 Å². The Hall–Kier alpha value is -2.95. The van der Waals surface area contributed by atoms with Gasteiger partial charge in [-0.05, 0) is 49.1 Å². The highest BCUT2D eigenvalue weighted by atomic mass is 16.1. The molecule has 4 rings (SSSR count). The number of hydrogen-bond donors (Lipinski definition) is 1. The molecule has 2 N–H and O–H groups in total. The second-order valence-electron chi connectivity index (χ2n) is 6.45. The fourth-order valence-electron chi connectivity index (χ4n) is 3.39. The maximum absolute atomic E-state index is 11.6. The van der Waals surface area contributed by atoms with Gasteiger partial charge < -0.3 is 10.6 Å². The molecular formula is C20H20N4O. The summed E-state index contributed by atoms with van der Waals surface area (Å²) in [5, 5.41) is 0. The lowest BCUT2D eigenvalue weighted by molar-refractivity contribution is 0.101. The topological polar surface area (TPSA) is 72.1 Å². The predicted molar refractivity (Wildman–Crippen MR) is 100 cm³/mol. The average molecular weight is 332 g/mol. The molecule has 5 nitrogen and oxygen atoms in total. The quantitative estimate of drug-likeness (QED) is 0.730. The van der Waals surface area contributed by atoms with E-state index in [1.165, 1.54) is 11.1 Å². The van der Waals surface area contributed by atoms with E-state index in [1.54, 1.807) is 6.92 Å². The first kappa shape index (κ1) is 15.6. The van der Waals surface area contributed by atoms with Gasteiger partial charge in [-0.1, -0.05) is 24.3 Å². The Labute approximate surface area is 146 Å². The highest BCUT2D eigenvalue weighted by molar-refractivity contribution is 5.94. The Bertz CT molecular complexity index is 967. The van der Waals surface area contributed by atoms with Crippen LogP contribution in [0.5, 0.6) is 0 Å². The third-order valence-corrected chi connectivity index (χ3v) is 4.79. The van der Waals surface area contributed by atoms with E-state index >= 15 is 0 Å². The second-order valence-corrected chi connectivity index (χ2v) is 6.45. The molecule has 2 aromatic carbocycles. The van der Waals surface area contributed by atoms with E-state index in [-0.39, 0.29) is 5.78 Å². The van der Waals surface area contributed by atoms with Gasteiger partial charge in [0.25, 0.3) is 0 Å². The number of rotatable bonds is 2. The van der Waals surface area contributed by atoms with Crippen LogP contribution < -0.4 is 10.6 Å². The molecule has 1 aliphatic heterocycles. The van der Waals surface area contributed by atoms with Crippen molar-refractivity contribution < 1.29 is 4.79 Å². The first-order valence-corrected chi connectivity index (χ1v) is 8.52. The first-order valence-electron chi connectivity index (χ1n) is 8.52. The molecule has 0 atom stereocenters. The van der Waals surface area contributed by atoms with Crippen LogP contribution >= 0.6 is 0 Å². The zero-order valence-corrected chi connectivity index (χ0v) is 14.2. The van der Waals surface area contributed by atoms with Gasteiger partial charge in [0.05, 0.1) is 11.0 Å². The summed E-state index contributed by atoms with van der Waals surface area (Å²) in [6, 6.07) is 13.8. The van der Waals surface area contributed by atoms with Crippen molar-refractivity contribution in [3.8, 4) is 0 Å². The minimum Gasteiger partial charge on any atom is -0.381 e. The molecule has 5 heteroatoms. The minimum atomic E-state index is 0.105. The summed E-state index contributed by atoms with van der Waals surface area (Å²) in [7, 11) is 0. The van der Waals surface area contributed by atoms with Crippen molar-refractivity contribution in [3.05, 3.63) is 59.2 Å². The van der Waals surface area contributed by atoms with E-state index < -0.39 is 0 Å². The van der Waals surface area contributed by atoms with Gasteiger partial charge in [0.2, 0.25) is 0 Å². The van der Waals surface area contributed by atoms with Crippen LogP contribution in [0.25, 0.3) is 11.0 Å². The van der Waals surface area contributed by atoms with Crippen molar-refractivity contribution in [3.63, 3.8) is 0 Å². The second kappa shape index (κ2) is 6.16. The number of para-hydroxylation sites is 2. The summed E-state index contributed by atoms with van der Waals surface area (Å²) in [4.78, 5) is 23.1. The number of fused-ring (bicyclic) bond motifs is 2. The highest BCUT2D eigenvalue weighted by Crippen LogP contribution is 2.26. The van der Waals surface area contributed by atoms with Crippen LogP contribution in [0.3, 0.4) is 0 Å². The van der Waals surface area contributed by atoms with Crippen LogP contribution in [0.2, 0.25) is 0 Å². The van der Waals surface area contributed by atoms with Gasteiger partial charge in [-0.15, -0.1) is 0 Å². The molecule has 0 aliphatic carbocycles. The van der Waals surface area contributed by atoms with Crippen molar-refractivity contribution in [1.29, 1.82) is 0 Å². The molecule has 0 bridgehead atoms. The van der Waals surface area contributed by atoms with Crippen LogP contribution in [0, 0.1) is 0 Å². The van der Waals surface area contributed by atoms with Gasteiger partial charge in [-0.2, -0.15) is 0 Å². The maximum Gasteiger partial charge on any atom is 0.172 e. The Morgan fingerprint density at radius 2 is 1.68 bits per heavy atom.